The van der Waals surface area contributed by atoms with Crippen LogP contribution in [-0.2, 0) is 14.4 Å². The Hall–Kier alpha value is -10.8. The van der Waals surface area contributed by atoms with Crippen molar-refractivity contribution in [2.75, 3.05) is 0 Å². The number of carbonyl (C=O) groups is 7. The summed E-state index contributed by atoms with van der Waals surface area (Å²) >= 11 is 24.9. The Morgan fingerprint density at radius 2 is 0.865 bits per heavy atom. The van der Waals surface area contributed by atoms with Gasteiger partial charge in [0.2, 0.25) is 11.8 Å². The molecule has 29 heteroatoms. The molecule has 11 aromatic rings. The summed E-state index contributed by atoms with van der Waals surface area (Å²) in [5, 5.41) is 45.5. The molecule has 0 saturated heterocycles. The van der Waals surface area contributed by atoms with Crippen LogP contribution in [0, 0.1) is 73.2 Å². The van der Waals surface area contributed by atoms with E-state index in [2.05, 4.69) is 0 Å². The number of primary amides is 1. The van der Waals surface area contributed by atoms with Crippen molar-refractivity contribution in [3.8, 4) is 23.0 Å². The maximum Gasteiger partial charge on any atom is 0.356 e. The second kappa shape index (κ2) is 26.5. The number of aromatic hydroxyl groups is 3. The Morgan fingerprint density at radius 3 is 1.25 bits per heavy atom. The topological polar surface area (TPSA) is 253 Å². The van der Waals surface area contributed by atoms with Gasteiger partial charge in [-0.2, -0.15) is 4.48 Å². The lowest BCUT2D eigenvalue weighted by Crippen LogP contribution is -2.58. The van der Waals surface area contributed by atoms with Gasteiger partial charge in [0.15, 0.2) is 69.5 Å². The Labute approximate surface area is 601 Å². The molecule has 1 aliphatic heterocycles. The summed E-state index contributed by atoms with van der Waals surface area (Å²) in [7, 11) is 0. The largest absolute Gasteiger partial charge is 0.549 e. The number of carboxylic acids is 1. The second-order valence-electron chi connectivity index (χ2n) is 25.1. The number of hydrogen-bond acceptors (Lipinski definition) is 12. The van der Waals surface area contributed by atoms with Crippen molar-refractivity contribution in [1.29, 1.82) is 0 Å². The van der Waals surface area contributed by atoms with Crippen molar-refractivity contribution in [3.63, 3.8) is 0 Å². The molecular formula is C75H49Cl4F8N5O12. The highest BCUT2D eigenvalue weighted by atomic mass is 35.5. The number of ether oxygens (including phenoxy) is 1. The van der Waals surface area contributed by atoms with Gasteiger partial charge in [-0.25, -0.2) is 39.9 Å². The third-order valence-corrected chi connectivity index (χ3v) is 20.6. The van der Waals surface area contributed by atoms with Crippen LogP contribution in [0.25, 0.3) is 38.3 Å². The first-order valence-corrected chi connectivity index (χ1v) is 33.0. The molecule has 4 unspecified atom stereocenters. The van der Waals surface area contributed by atoms with Crippen LogP contribution >= 0.6 is 46.4 Å². The number of nitrogens with two attached hydrogens (primary N) is 1. The van der Waals surface area contributed by atoms with Crippen molar-refractivity contribution in [2.24, 2.45) is 11.7 Å². The van der Waals surface area contributed by atoms with Crippen LogP contribution in [0.4, 0.5) is 40.8 Å². The number of esters is 1. The smallest absolute Gasteiger partial charge is 0.356 e. The van der Waals surface area contributed by atoms with Crippen LogP contribution in [0.15, 0.2) is 127 Å². The summed E-state index contributed by atoms with van der Waals surface area (Å²) < 4.78 is 144. The number of phenolic OH excluding ortho intramolecular Hbond substituents is 3. The molecule has 0 spiro atoms. The quantitative estimate of drug-likeness (QED) is 0.0343. The minimum absolute atomic E-state index is 0.0775. The maximum atomic E-state index is 19.7. The number of halogens is 12. The Balaban J connectivity index is 1.15. The highest BCUT2D eigenvalue weighted by molar-refractivity contribution is 6.32. The number of allylic oxidation sites excluding steroid dienone is 1. The molecule has 0 bridgehead atoms. The molecule has 17 nitrogen and oxygen atoms in total. The molecule has 3 aromatic heterocycles. The van der Waals surface area contributed by atoms with Crippen LogP contribution in [0.5, 0.6) is 23.0 Å². The van der Waals surface area contributed by atoms with E-state index in [9.17, 15) is 39.6 Å². The normalized spacial score (nSPS) is 15.5. The first-order valence-electron chi connectivity index (χ1n) is 31.5. The van der Waals surface area contributed by atoms with Gasteiger partial charge in [0.1, 0.15) is 5.70 Å². The van der Waals surface area contributed by atoms with E-state index in [0.29, 0.717) is 40.2 Å². The number of aliphatic carboxylic acids is 1. The molecule has 104 heavy (non-hydrogen) atoms. The number of carboxylic acid groups (broad SMARTS) is 1. The summed E-state index contributed by atoms with van der Waals surface area (Å²) in [6, 6.07) is 18.0. The van der Waals surface area contributed by atoms with E-state index in [1.165, 1.54) is 79.7 Å². The van der Waals surface area contributed by atoms with Crippen molar-refractivity contribution in [1.82, 2.24) is 18.2 Å². The Morgan fingerprint density at radius 1 is 0.510 bits per heavy atom. The molecule has 0 radical (unpaired) electrons. The highest BCUT2D eigenvalue weighted by Gasteiger charge is 2.62. The molecule has 1 saturated carbocycles. The van der Waals surface area contributed by atoms with Gasteiger partial charge in [0.25, 0.3) is 23.6 Å². The van der Waals surface area contributed by atoms with Crippen molar-refractivity contribution < 1.29 is 93.8 Å². The van der Waals surface area contributed by atoms with Gasteiger partial charge in [-0.05, 0) is 148 Å². The predicted molar refractivity (Wildman–Crippen MR) is 365 cm³/mol. The number of carbonyl (C=O) groups excluding carboxylic acids is 7. The monoisotopic (exact) mass is 1500 g/mol. The van der Waals surface area contributed by atoms with Crippen molar-refractivity contribution in [3.05, 3.63) is 255 Å². The van der Waals surface area contributed by atoms with E-state index in [-0.39, 0.29) is 61.4 Å². The first-order chi connectivity index (χ1) is 49.3. The lowest BCUT2D eigenvalue weighted by atomic mass is 9.83. The zero-order valence-electron chi connectivity index (χ0n) is 54.1. The lowest BCUT2D eigenvalue weighted by molar-refractivity contribution is -0.306. The minimum atomic E-state index is -3.00. The molecule has 8 aromatic carbocycles. The molecule has 2 aliphatic rings. The number of fused-ring (bicyclic) bond motifs is 4. The SMILES string of the molecule is CC1=C(C(C(=O)[O-])c2c(C)n(C(=O)c3ccc(Cl)cc3)c3cc(F)c(O)c(F)c23)c2c(cc(F)c(OC(=O)C(c3c(C)n(C(=O)c4ccc(Cl)cc4)c4cc(F)c(O)c(F)c34)C3CCCC3)c2F)[N+]1(C(=O)c1ccc(Cl)cc1)C(C(N)=O)c1c(C)n(C(=O)c2ccc(Cl)cc2)c2cc(F)c(O)c(F)c12. The molecule has 5 N–H and O–H groups in total. The van der Waals surface area contributed by atoms with E-state index in [4.69, 9.17) is 56.9 Å². The number of rotatable bonds is 14. The number of nitrogens with zero attached hydrogens (tertiary/aromatic N) is 4. The van der Waals surface area contributed by atoms with E-state index in [1.807, 2.05) is 0 Å². The minimum Gasteiger partial charge on any atom is -0.549 e. The van der Waals surface area contributed by atoms with Crippen LogP contribution in [-0.4, -0.2) is 70.5 Å². The average Bonchev–Trinajstić information content (AvgIpc) is 1.51. The Bertz CT molecular complexity index is 5680. The van der Waals surface area contributed by atoms with E-state index in [1.54, 1.807) is 0 Å². The van der Waals surface area contributed by atoms with E-state index >= 15 is 49.5 Å². The summed E-state index contributed by atoms with van der Waals surface area (Å²) in [6.45, 7) is 4.09. The van der Waals surface area contributed by atoms with Crippen LogP contribution in [0.3, 0.4) is 0 Å². The number of aromatic nitrogens is 3. The second-order valence-corrected chi connectivity index (χ2v) is 26.9. The van der Waals surface area contributed by atoms with Crippen molar-refractivity contribution >= 4 is 132 Å². The zero-order chi connectivity index (χ0) is 75.0. The van der Waals surface area contributed by atoms with Gasteiger partial charge in [0.05, 0.1) is 56.4 Å². The zero-order valence-corrected chi connectivity index (χ0v) is 57.1. The van der Waals surface area contributed by atoms with Gasteiger partial charge in [-0.15, -0.1) is 0 Å². The summed E-state index contributed by atoms with van der Waals surface area (Å²) in [5.74, 6) is -38.5. The maximum absolute atomic E-state index is 19.7. The molecule has 4 atom stereocenters. The summed E-state index contributed by atoms with van der Waals surface area (Å²) in [4.78, 5) is 108. The van der Waals surface area contributed by atoms with Gasteiger partial charge in [-0.3, -0.25) is 37.7 Å². The van der Waals surface area contributed by atoms with Gasteiger partial charge in [-0.1, -0.05) is 59.2 Å². The van der Waals surface area contributed by atoms with Crippen LogP contribution in [0.1, 0.15) is 131 Å². The highest BCUT2D eigenvalue weighted by Crippen LogP contribution is 2.61. The van der Waals surface area contributed by atoms with Crippen LogP contribution in [0.2, 0.25) is 20.1 Å². The third kappa shape index (κ3) is 11.0. The lowest BCUT2D eigenvalue weighted by Gasteiger charge is -2.39. The van der Waals surface area contributed by atoms with Crippen molar-refractivity contribution in [2.45, 2.75) is 71.3 Å². The summed E-state index contributed by atoms with van der Waals surface area (Å²) in [6.07, 6.45) is 0.881. The van der Waals surface area contributed by atoms with Gasteiger partial charge in [0, 0.05) is 101 Å². The third-order valence-electron chi connectivity index (χ3n) is 19.6. The predicted octanol–water partition coefficient (Wildman–Crippen LogP) is 15.9. The fraction of sp³-hybridized carbons (Fsp3) is 0.160. The molecule has 4 heterocycles. The molecular weight excluding hydrogens is 1460 g/mol. The molecule has 1 aliphatic carbocycles. The van der Waals surface area contributed by atoms with E-state index < -0.39 is 228 Å². The number of amides is 2. The number of phenols is 3. The summed E-state index contributed by atoms with van der Waals surface area (Å²) in [5.41, 5.74) is -5.79. The van der Waals surface area contributed by atoms with Crippen LogP contribution < -0.4 is 20.1 Å². The Kier molecular flexibility index (Phi) is 18.2. The number of quaternary nitrogens is 1. The fourth-order valence-electron chi connectivity index (χ4n) is 15.1. The fourth-order valence-corrected chi connectivity index (χ4v) is 15.6. The van der Waals surface area contributed by atoms with E-state index in [0.717, 1.165) is 49.6 Å². The molecule has 13 rings (SSSR count). The molecule has 530 valence electrons. The number of benzene rings is 8. The van der Waals surface area contributed by atoms with Gasteiger partial charge < -0.3 is 35.7 Å². The van der Waals surface area contributed by atoms with Gasteiger partial charge >= 0.3 is 11.9 Å². The first kappa shape index (κ1) is 71.6. The standard InChI is InChI=1S/C75H49Cl4F8N5O12/c1-29-50(55-46(25-42(80)65(93)60(55)84)89(29)70(97)34-9-17-38(76)18-10-34)54(33-7-5-6-8-33)75(103)104-68-45(83)28-49-58(63(68)87)53(59(74(101)102)51-30(2)90(71(98)35-11-19-39(77)20-12-35)47-26-43(81)66(94)61(85)56(47)51)32(4)92(49,73(100)37-15-23-41(79)24-16-37)64(69(88)96)52-31(3)91(72(99)36-13-21-40(78)22-14-36)48-27-44(82)67(95)62(86)57(48)52/h9-28,33,54,59,64H,5-8H2,1-4H3,(H5-,88,93,94,95,96,101,102). The molecule has 2 amide bonds. The molecule has 1 fully saturated rings. The average molecular weight is 1510 g/mol. The number of hydrogen-bond donors (Lipinski definition) is 4.